The van der Waals surface area contributed by atoms with Crippen LogP contribution in [0, 0.1) is 13.8 Å². The van der Waals surface area contributed by atoms with E-state index in [1.165, 1.54) is 13.8 Å². The van der Waals surface area contributed by atoms with Gasteiger partial charge in [0.15, 0.2) is 12.0 Å². The molecule has 5 nitrogen and oxygen atoms in total. The number of rotatable bonds is 3. The fraction of sp³-hybridized carbons (Fsp3) is 0.556. The van der Waals surface area contributed by atoms with E-state index in [4.69, 9.17) is 9.52 Å². The van der Waals surface area contributed by atoms with Crippen LogP contribution in [0.15, 0.2) is 4.42 Å². The topological polar surface area (TPSA) is 75.4 Å². The number of nitrogens with one attached hydrogen (secondary N) is 1. The summed E-state index contributed by atoms with van der Waals surface area (Å²) in [5.41, 5.74) is 0.279. The molecular weight excluding hydrogens is 241 g/mol. The summed E-state index contributed by atoms with van der Waals surface area (Å²) in [6.07, 6.45) is -7.37. The van der Waals surface area contributed by atoms with Gasteiger partial charge in [-0.1, -0.05) is 0 Å². The molecule has 0 radical (unpaired) electrons. The lowest BCUT2D eigenvalue weighted by Gasteiger charge is -2.14. The van der Waals surface area contributed by atoms with Crippen LogP contribution in [0.2, 0.25) is 0 Å². The fourth-order valence-electron chi connectivity index (χ4n) is 1.13. The number of amides is 1. The van der Waals surface area contributed by atoms with Crippen LogP contribution >= 0.6 is 0 Å². The zero-order valence-electron chi connectivity index (χ0n) is 9.13. The van der Waals surface area contributed by atoms with E-state index in [-0.39, 0.29) is 17.3 Å². The molecule has 0 fully saturated rings. The van der Waals surface area contributed by atoms with Gasteiger partial charge in [0.05, 0.1) is 12.2 Å². The lowest BCUT2D eigenvalue weighted by Crippen LogP contribution is -2.40. The molecule has 0 saturated carbocycles. The standard InChI is InChI=1S/C9H11F3N2O3/c1-4-7(17-5(2)14-4)8(16)13-3-6(15)9(10,11)12/h6,15H,3H2,1-2H3,(H,13,16). The van der Waals surface area contributed by atoms with Crippen LogP contribution in [0.5, 0.6) is 0 Å². The predicted octanol–water partition coefficient (Wildman–Crippen LogP) is 0.944. The summed E-state index contributed by atoms with van der Waals surface area (Å²) < 4.78 is 40.8. The molecule has 1 aromatic rings. The van der Waals surface area contributed by atoms with Crippen molar-refractivity contribution < 1.29 is 27.5 Å². The van der Waals surface area contributed by atoms with E-state index >= 15 is 0 Å². The Morgan fingerprint density at radius 2 is 2.12 bits per heavy atom. The van der Waals surface area contributed by atoms with Crippen LogP contribution in [-0.2, 0) is 0 Å². The number of aryl methyl sites for hydroxylation is 2. The maximum atomic E-state index is 11.9. The molecule has 1 aromatic heterocycles. The lowest BCUT2D eigenvalue weighted by molar-refractivity contribution is -0.201. The molecule has 0 aliphatic rings. The van der Waals surface area contributed by atoms with Crippen molar-refractivity contribution >= 4 is 5.91 Å². The number of alkyl halides is 3. The Labute approximate surface area is 94.6 Å². The number of aromatic nitrogens is 1. The van der Waals surface area contributed by atoms with E-state index in [1.807, 2.05) is 5.32 Å². The Kier molecular flexibility index (Phi) is 3.76. The van der Waals surface area contributed by atoms with Gasteiger partial charge < -0.3 is 14.8 Å². The maximum Gasteiger partial charge on any atom is 0.416 e. The van der Waals surface area contributed by atoms with E-state index in [9.17, 15) is 18.0 Å². The molecule has 0 spiro atoms. The molecule has 0 aliphatic carbocycles. The first-order valence-electron chi connectivity index (χ1n) is 4.69. The highest BCUT2D eigenvalue weighted by molar-refractivity contribution is 5.92. The average Bonchev–Trinajstić information content (AvgIpc) is 2.52. The first-order chi connectivity index (χ1) is 7.71. The summed E-state index contributed by atoms with van der Waals surface area (Å²) in [5, 5.41) is 10.6. The Hall–Kier alpha value is -1.57. The van der Waals surface area contributed by atoms with Gasteiger partial charge in [0.2, 0.25) is 5.76 Å². The van der Waals surface area contributed by atoms with Gasteiger partial charge in [-0.15, -0.1) is 0 Å². The third kappa shape index (κ3) is 3.45. The van der Waals surface area contributed by atoms with Gasteiger partial charge in [0, 0.05) is 6.92 Å². The Morgan fingerprint density at radius 1 is 1.53 bits per heavy atom. The van der Waals surface area contributed by atoms with Gasteiger partial charge in [0.25, 0.3) is 5.91 Å². The highest BCUT2D eigenvalue weighted by atomic mass is 19.4. The summed E-state index contributed by atoms with van der Waals surface area (Å²) in [6.45, 7) is 2.07. The summed E-state index contributed by atoms with van der Waals surface area (Å²) in [6, 6.07) is 0. The SMILES string of the molecule is Cc1nc(C)c(C(=O)NCC(O)C(F)(F)F)o1. The summed E-state index contributed by atoms with van der Waals surface area (Å²) in [4.78, 5) is 15.2. The van der Waals surface area contributed by atoms with Gasteiger partial charge in [-0.2, -0.15) is 13.2 Å². The average molecular weight is 252 g/mol. The van der Waals surface area contributed by atoms with Gasteiger partial charge in [-0.3, -0.25) is 4.79 Å². The zero-order valence-corrected chi connectivity index (χ0v) is 9.13. The molecule has 1 heterocycles. The molecule has 2 N–H and O–H groups in total. The second-order valence-electron chi connectivity index (χ2n) is 3.41. The van der Waals surface area contributed by atoms with Crippen LogP contribution in [0.1, 0.15) is 22.1 Å². The number of carbonyl (C=O) groups is 1. The highest BCUT2D eigenvalue weighted by Gasteiger charge is 2.38. The highest BCUT2D eigenvalue weighted by Crippen LogP contribution is 2.19. The molecule has 1 rings (SSSR count). The van der Waals surface area contributed by atoms with Gasteiger partial charge in [0.1, 0.15) is 0 Å². The minimum Gasteiger partial charge on any atom is -0.436 e. The number of hydrogen-bond donors (Lipinski definition) is 2. The van der Waals surface area contributed by atoms with Crippen molar-refractivity contribution in [1.82, 2.24) is 10.3 Å². The Bertz CT molecular complexity index is 414. The summed E-state index contributed by atoms with van der Waals surface area (Å²) >= 11 is 0. The lowest BCUT2D eigenvalue weighted by atomic mass is 10.3. The van der Waals surface area contributed by atoms with Crippen molar-refractivity contribution in [1.29, 1.82) is 0 Å². The van der Waals surface area contributed by atoms with Crippen LogP contribution in [0.25, 0.3) is 0 Å². The molecule has 8 heteroatoms. The number of carbonyl (C=O) groups excluding carboxylic acids is 1. The van der Waals surface area contributed by atoms with Gasteiger partial charge in [-0.05, 0) is 6.92 Å². The van der Waals surface area contributed by atoms with Gasteiger partial charge in [-0.25, -0.2) is 4.98 Å². The third-order valence-corrected chi connectivity index (χ3v) is 1.94. The first-order valence-corrected chi connectivity index (χ1v) is 4.69. The predicted molar refractivity (Wildman–Crippen MR) is 50.4 cm³/mol. The molecule has 96 valence electrons. The molecule has 0 aliphatic heterocycles. The zero-order chi connectivity index (χ0) is 13.2. The third-order valence-electron chi connectivity index (χ3n) is 1.94. The van der Waals surface area contributed by atoms with Crippen molar-refractivity contribution in [3.63, 3.8) is 0 Å². The van der Waals surface area contributed by atoms with Crippen molar-refractivity contribution in [2.45, 2.75) is 26.1 Å². The number of oxazole rings is 1. The van der Waals surface area contributed by atoms with E-state index < -0.39 is 24.7 Å². The maximum absolute atomic E-state index is 11.9. The Balaban J connectivity index is 2.60. The number of aliphatic hydroxyl groups excluding tert-OH is 1. The van der Waals surface area contributed by atoms with E-state index in [1.54, 1.807) is 0 Å². The van der Waals surface area contributed by atoms with E-state index in [0.717, 1.165) is 0 Å². The van der Waals surface area contributed by atoms with Crippen LogP contribution < -0.4 is 5.32 Å². The minimum atomic E-state index is -4.76. The molecule has 0 saturated heterocycles. The summed E-state index contributed by atoms with van der Waals surface area (Å²) in [7, 11) is 0. The van der Waals surface area contributed by atoms with E-state index in [2.05, 4.69) is 4.98 Å². The quantitative estimate of drug-likeness (QED) is 0.839. The first kappa shape index (κ1) is 13.5. The fourth-order valence-corrected chi connectivity index (χ4v) is 1.13. The monoisotopic (exact) mass is 252 g/mol. The second kappa shape index (κ2) is 4.74. The second-order valence-corrected chi connectivity index (χ2v) is 3.41. The van der Waals surface area contributed by atoms with Crippen LogP contribution in [0.4, 0.5) is 13.2 Å². The minimum absolute atomic E-state index is 0.156. The Morgan fingerprint density at radius 3 is 2.53 bits per heavy atom. The normalized spacial score (nSPS) is 13.5. The van der Waals surface area contributed by atoms with E-state index in [0.29, 0.717) is 0 Å². The molecule has 1 unspecified atom stereocenters. The number of aliphatic hydroxyl groups is 1. The number of hydrogen-bond acceptors (Lipinski definition) is 4. The number of nitrogens with zero attached hydrogens (tertiary/aromatic N) is 1. The molecule has 0 bridgehead atoms. The smallest absolute Gasteiger partial charge is 0.416 e. The summed E-state index contributed by atoms with van der Waals surface area (Å²) in [5.74, 6) is -0.757. The van der Waals surface area contributed by atoms with Crippen LogP contribution in [-0.4, -0.2) is 34.8 Å². The van der Waals surface area contributed by atoms with Crippen LogP contribution in [0.3, 0.4) is 0 Å². The molecule has 1 amide bonds. The molecule has 17 heavy (non-hydrogen) atoms. The molecule has 1 atom stereocenters. The van der Waals surface area contributed by atoms with Crippen molar-refractivity contribution in [3.8, 4) is 0 Å². The van der Waals surface area contributed by atoms with Crippen molar-refractivity contribution in [2.24, 2.45) is 0 Å². The van der Waals surface area contributed by atoms with Crippen molar-refractivity contribution in [3.05, 3.63) is 17.3 Å². The molecule has 0 aromatic carbocycles. The molecular formula is C9H11F3N2O3. The number of halogens is 3. The van der Waals surface area contributed by atoms with Crippen molar-refractivity contribution in [2.75, 3.05) is 6.54 Å². The largest absolute Gasteiger partial charge is 0.436 e. The van der Waals surface area contributed by atoms with Gasteiger partial charge >= 0.3 is 6.18 Å².